The number of aromatic nitrogens is 5. The normalized spacial score (nSPS) is 15.7. The average molecular weight is 448 g/mol. The molecule has 0 atom stereocenters. The quantitative estimate of drug-likeness (QED) is 0.663. The number of piperidine rings is 1. The third-order valence-corrected chi connectivity index (χ3v) is 5.63. The van der Waals surface area contributed by atoms with Crippen LogP contribution in [0.5, 0.6) is 0 Å². The average Bonchev–Trinajstić information content (AvgIpc) is 3.15. The fourth-order valence-corrected chi connectivity index (χ4v) is 3.94. The predicted molar refractivity (Wildman–Crippen MR) is 110 cm³/mol. The number of hydrogen-bond acceptors (Lipinski definition) is 5. The molecule has 1 aliphatic rings. The Bertz CT molecular complexity index is 1220. The summed E-state index contributed by atoms with van der Waals surface area (Å²) >= 11 is 0. The Labute approximate surface area is 181 Å². The maximum atomic E-state index is 13.6. The largest absolute Gasteiger partial charge is 0.433 e. The zero-order valence-electron chi connectivity index (χ0n) is 17.9. The van der Waals surface area contributed by atoms with Crippen LogP contribution >= 0.6 is 0 Å². The van der Waals surface area contributed by atoms with Crippen LogP contribution in [0.3, 0.4) is 0 Å². The Morgan fingerprint density at radius 2 is 1.84 bits per heavy atom. The second-order valence-corrected chi connectivity index (χ2v) is 8.34. The second kappa shape index (κ2) is 8.03. The molecule has 0 spiro atoms. The lowest BCUT2D eigenvalue weighted by atomic mass is 9.93. The van der Waals surface area contributed by atoms with Crippen molar-refractivity contribution in [2.45, 2.75) is 51.6 Å². The number of nitrogens with one attached hydrogen (secondary N) is 1. The standard InChI is InChI=1S/C21H23F3N6O2/c1-11(2)14-8-17(21(22,23)24)30-18(27-14)9-15(28-30)13-4-6-29(7-5-13)20(32)16-10-19(31)26-12(3)25-16/h8-11,13H,4-7H2,1-3H3,(H,25,26,31). The van der Waals surface area contributed by atoms with Crippen molar-refractivity contribution in [2.24, 2.45) is 0 Å². The van der Waals surface area contributed by atoms with Crippen LogP contribution in [0.15, 0.2) is 23.0 Å². The maximum Gasteiger partial charge on any atom is 0.433 e. The number of rotatable bonds is 3. The molecule has 170 valence electrons. The van der Waals surface area contributed by atoms with Crippen molar-refractivity contribution in [1.82, 2.24) is 29.5 Å². The van der Waals surface area contributed by atoms with Gasteiger partial charge in [-0.1, -0.05) is 13.8 Å². The molecular weight excluding hydrogens is 425 g/mol. The summed E-state index contributed by atoms with van der Waals surface area (Å²) in [7, 11) is 0. The highest BCUT2D eigenvalue weighted by molar-refractivity contribution is 5.92. The molecule has 1 saturated heterocycles. The number of nitrogens with zero attached hydrogens (tertiary/aromatic N) is 5. The van der Waals surface area contributed by atoms with Crippen LogP contribution in [0.2, 0.25) is 0 Å². The van der Waals surface area contributed by atoms with Crippen molar-refractivity contribution in [1.29, 1.82) is 0 Å². The summed E-state index contributed by atoms with van der Waals surface area (Å²) in [5.41, 5.74) is -0.105. The molecule has 1 amide bonds. The van der Waals surface area contributed by atoms with E-state index in [1.54, 1.807) is 31.7 Å². The Hall–Kier alpha value is -3.24. The molecule has 0 unspecified atom stereocenters. The summed E-state index contributed by atoms with van der Waals surface area (Å²) in [6.07, 6.45) is -3.48. The van der Waals surface area contributed by atoms with Gasteiger partial charge in [0.05, 0.1) is 5.69 Å². The lowest BCUT2D eigenvalue weighted by Crippen LogP contribution is -2.39. The molecule has 0 saturated carbocycles. The predicted octanol–water partition coefficient (Wildman–Crippen LogP) is 3.28. The van der Waals surface area contributed by atoms with Crippen molar-refractivity contribution in [3.8, 4) is 0 Å². The van der Waals surface area contributed by atoms with Gasteiger partial charge in [0.15, 0.2) is 5.65 Å². The lowest BCUT2D eigenvalue weighted by Gasteiger charge is -2.31. The fourth-order valence-electron chi connectivity index (χ4n) is 3.94. The summed E-state index contributed by atoms with van der Waals surface area (Å²) in [5, 5.41) is 4.23. The number of fused-ring (bicyclic) bond motifs is 1. The van der Waals surface area contributed by atoms with Gasteiger partial charge in [-0.05, 0) is 31.7 Å². The Balaban J connectivity index is 1.56. The third kappa shape index (κ3) is 4.23. The molecule has 3 aromatic heterocycles. The van der Waals surface area contributed by atoms with Gasteiger partial charge in [-0.25, -0.2) is 14.5 Å². The van der Waals surface area contributed by atoms with Crippen LogP contribution in [0.4, 0.5) is 13.2 Å². The zero-order valence-corrected chi connectivity index (χ0v) is 17.9. The first-order chi connectivity index (χ1) is 15.0. The minimum atomic E-state index is -4.55. The number of halogens is 3. The summed E-state index contributed by atoms with van der Waals surface area (Å²) in [5.74, 6) is -0.237. The molecule has 1 fully saturated rings. The van der Waals surface area contributed by atoms with Gasteiger partial charge in [0.25, 0.3) is 11.5 Å². The van der Waals surface area contributed by atoms with Crippen LogP contribution in [0.25, 0.3) is 5.65 Å². The van der Waals surface area contributed by atoms with Crippen LogP contribution < -0.4 is 5.56 Å². The molecule has 0 aromatic carbocycles. The molecule has 11 heteroatoms. The Morgan fingerprint density at radius 1 is 1.16 bits per heavy atom. The Morgan fingerprint density at radius 3 is 2.44 bits per heavy atom. The molecule has 0 radical (unpaired) electrons. The van der Waals surface area contributed by atoms with Crippen LogP contribution in [0, 0.1) is 6.92 Å². The molecule has 0 bridgehead atoms. The Kier molecular flexibility index (Phi) is 5.51. The lowest BCUT2D eigenvalue weighted by molar-refractivity contribution is -0.142. The van der Waals surface area contributed by atoms with Crippen molar-refractivity contribution in [2.75, 3.05) is 13.1 Å². The summed E-state index contributed by atoms with van der Waals surface area (Å²) in [4.78, 5) is 36.9. The highest BCUT2D eigenvalue weighted by Crippen LogP contribution is 2.33. The molecule has 1 N–H and O–H groups in total. The highest BCUT2D eigenvalue weighted by Gasteiger charge is 2.36. The van der Waals surface area contributed by atoms with E-state index < -0.39 is 17.4 Å². The molecule has 1 aliphatic heterocycles. The van der Waals surface area contributed by atoms with E-state index in [-0.39, 0.29) is 29.1 Å². The van der Waals surface area contributed by atoms with Gasteiger partial charge < -0.3 is 9.88 Å². The van der Waals surface area contributed by atoms with E-state index in [4.69, 9.17) is 0 Å². The second-order valence-electron chi connectivity index (χ2n) is 8.34. The SMILES string of the molecule is Cc1nc(C(=O)N2CCC(c3cc4nc(C(C)C)cc(C(F)(F)F)n4n3)CC2)cc(=O)[nH]1. The van der Waals surface area contributed by atoms with E-state index in [1.807, 2.05) is 0 Å². The van der Waals surface area contributed by atoms with Crippen molar-refractivity contribution in [3.63, 3.8) is 0 Å². The van der Waals surface area contributed by atoms with Gasteiger partial charge in [0, 0.05) is 36.8 Å². The topological polar surface area (TPSA) is 96.2 Å². The molecule has 32 heavy (non-hydrogen) atoms. The number of likely N-dealkylation sites (tertiary alicyclic amines) is 1. The molecular formula is C21H23F3N6O2. The van der Waals surface area contributed by atoms with Crippen LogP contribution in [-0.2, 0) is 6.18 Å². The third-order valence-electron chi connectivity index (χ3n) is 5.63. The van der Waals surface area contributed by atoms with Crippen LogP contribution in [-0.4, -0.2) is 48.5 Å². The van der Waals surface area contributed by atoms with Gasteiger partial charge in [-0.2, -0.15) is 18.3 Å². The first-order valence-corrected chi connectivity index (χ1v) is 10.4. The molecule has 4 rings (SSSR count). The molecule has 0 aliphatic carbocycles. The van der Waals surface area contributed by atoms with Crippen molar-refractivity contribution >= 4 is 11.6 Å². The number of alkyl halides is 3. The van der Waals surface area contributed by atoms with Gasteiger partial charge in [-0.3, -0.25) is 9.59 Å². The highest BCUT2D eigenvalue weighted by atomic mass is 19.4. The first-order valence-electron chi connectivity index (χ1n) is 10.4. The maximum absolute atomic E-state index is 13.6. The first kappa shape index (κ1) is 22.0. The zero-order chi connectivity index (χ0) is 23.2. The number of carbonyl (C=O) groups is 1. The van der Waals surface area contributed by atoms with Crippen molar-refractivity contribution < 1.29 is 18.0 Å². The summed E-state index contributed by atoms with van der Waals surface area (Å²) < 4.78 is 41.7. The van der Waals surface area contributed by atoms with E-state index in [1.165, 1.54) is 6.07 Å². The molecule has 4 heterocycles. The van der Waals surface area contributed by atoms with E-state index in [2.05, 4.69) is 20.1 Å². The number of H-pyrrole nitrogens is 1. The monoisotopic (exact) mass is 448 g/mol. The van der Waals surface area contributed by atoms with Gasteiger partial charge in [-0.15, -0.1) is 0 Å². The number of aryl methyl sites for hydroxylation is 1. The minimum Gasteiger partial charge on any atom is -0.337 e. The number of aromatic amines is 1. The number of carbonyl (C=O) groups excluding carboxylic acids is 1. The number of hydrogen-bond donors (Lipinski definition) is 1. The van der Waals surface area contributed by atoms with Crippen molar-refractivity contribution in [3.05, 3.63) is 57.2 Å². The van der Waals surface area contributed by atoms with E-state index >= 15 is 0 Å². The molecule has 8 nitrogen and oxygen atoms in total. The van der Waals surface area contributed by atoms with Crippen LogP contribution in [0.1, 0.15) is 71.9 Å². The van der Waals surface area contributed by atoms with Gasteiger partial charge in [0.2, 0.25) is 0 Å². The van der Waals surface area contributed by atoms with Gasteiger partial charge >= 0.3 is 6.18 Å². The smallest absolute Gasteiger partial charge is 0.337 e. The fraction of sp³-hybridized carbons (Fsp3) is 0.476. The van der Waals surface area contributed by atoms with E-state index in [9.17, 15) is 22.8 Å². The van der Waals surface area contributed by atoms with Gasteiger partial charge in [0.1, 0.15) is 17.2 Å². The minimum absolute atomic E-state index is 0.0812. The summed E-state index contributed by atoms with van der Waals surface area (Å²) in [6, 6.07) is 3.82. The number of amides is 1. The van der Waals surface area contributed by atoms with E-state index in [0.29, 0.717) is 43.1 Å². The van der Waals surface area contributed by atoms with E-state index in [0.717, 1.165) is 10.6 Å². The summed E-state index contributed by atoms with van der Waals surface area (Å²) in [6.45, 7) is 5.96. The molecule has 3 aromatic rings.